The molecule has 1 aromatic rings. The van der Waals surface area contributed by atoms with Gasteiger partial charge in [-0.2, -0.15) is 0 Å². The van der Waals surface area contributed by atoms with Gasteiger partial charge in [-0.05, 0) is 31.4 Å². The zero-order valence-electron chi connectivity index (χ0n) is 11.1. The summed E-state index contributed by atoms with van der Waals surface area (Å²) in [7, 11) is -0.905. The number of allylic oxidation sites excluding steroid dienone is 2. The van der Waals surface area contributed by atoms with Crippen molar-refractivity contribution >= 4 is 8.07 Å². The van der Waals surface area contributed by atoms with Crippen LogP contribution in [0, 0.1) is 0 Å². The minimum absolute atomic E-state index is 0.905. The summed E-state index contributed by atoms with van der Waals surface area (Å²) in [4.78, 5) is 0. The van der Waals surface area contributed by atoms with E-state index in [0.717, 1.165) is 0 Å². The Hall–Kier alpha value is -0.823. The van der Waals surface area contributed by atoms with Crippen molar-refractivity contribution in [2.75, 3.05) is 0 Å². The second-order valence-electron chi connectivity index (χ2n) is 5.80. The summed E-state index contributed by atoms with van der Waals surface area (Å²) in [5.74, 6) is 0. The predicted octanol–water partition coefficient (Wildman–Crippen LogP) is 4.90. The molecule has 0 aliphatic heterocycles. The van der Waals surface area contributed by atoms with E-state index in [9.17, 15) is 0 Å². The smallest absolute Gasteiger partial charge is 0.0480 e. The van der Waals surface area contributed by atoms with Crippen LogP contribution in [-0.2, 0) is 6.42 Å². The molecule has 0 radical (unpaired) electrons. The topological polar surface area (TPSA) is 0 Å². The van der Waals surface area contributed by atoms with E-state index in [-0.39, 0.29) is 0 Å². The molecule has 0 bridgehead atoms. The molecule has 0 nitrogen and oxygen atoms in total. The first-order chi connectivity index (χ1) is 7.47. The minimum atomic E-state index is -0.905. The number of hydrogen-bond donors (Lipinski definition) is 0. The fraction of sp³-hybridized carbons (Fsp3) is 0.467. The normalized spacial score (nSPS) is 12.9. The lowest BCUT2D eigenvalue weighted by Gasteiger charge is -2.13. The number of aryl methyl sites for hydroxylation is 1. The van der Waals surface area contributed by atoms with E-state index in [0.29, 0.717) is 0 Å². The number of benzene rings is 1. The molecule has 0 spiro atoms. The third-order valence-corrected chi connectivity index (χ3v) is 4.14. The van der Waals surface area contributed by atoms with E-state index in [4.69, 9.17) is 0 Å². The van der Waals surface area contributed by atoms with Gasteiger partial charge in [-0.3, -0.25) is 0 Å². The van der Waals surface area contributed by atoms with Gasteiger partial charge >= 0.3 is 0 Å². The van der Waals surface area contributed by atoms with Crippen LogP contribution in [-0.4, -0.2) is 8.07 Å². The molecule has 16 heavy (non-hydrogen) atoms. The van der Waals surface area contributed by atoms with Gasteiger partial charge in [0.1, 0.15) is 0 Å². The fourth-order valence-electron chi connectivity index (χ4n) is 1.57. The quantitative estimate of drug-likeness (QED) is 0.500. The Kier molecular flexibility index (Phi) is 5.00. The third kappa shape index (κ3) is 5.91. The van der Waals surface area contributed by atoms with E-state index >= 15 is 0 Å². The van der Waals surface area contributed by atoms with Crippen molar-refractivity contribution in [1.29, 1.82) is 0 Å². The Morgan fingerprint density at radius 3 is 2.31 bits per heavy atom. The third-order valence-electron chi connectivity index (χ3n) is 2.71. The van der Waals surface area contributed by atoms with Gasteiger partial charge in [0.15, 0.2) is 0 Å². The van der Waals surface area contributed by atoms with Crippen LogP contribution in [0.25, 0.3) is 0 Å². The molecule has 0 heterocycles. The molecule has 0 aliphatic rings. The molecule has 0 saturated carbocycles. The maximum Gasteiger partial charge on any atom is 0.0480 e. The van der Waals surface area contributed by atoms with Crippen molar-refractivity contribution in [1.82, 2.24) is 0 Å². The SMILES string of the molecule is C/C(=C\C[Si](C)(C)C)CCc1ccccc1. The summed E-state index contributed by atoms with van der Waals surface area (Å²) in [6.45, 7) is 9.54. The van der Waals surface area contributed by atoms with Crippen LogP contribution in [0.5, 0.6) is 0 Å². The Labute approximate surface area is 101 Å². The number of rotatable bonds is 5. The molecular formula is C15H24Si. The van der Waals surface area contributed by atoms with Gasteiger partial charge < -0.3 is 0 Å². The highest BCUT2D eigenvalue weighted by molar-refractivity contribution is 6.76. The van der Waals surface area contributed by atoms with Crippen molar-refractivity contribution in [3.63, 3.8) is 0 Å². The van der Waals surface area contributed by atoms with Crippen molar-refractivity contribution in [3.8, 4) is 0 Å². The van der Waals surface area contributed by atoms with Crippen molar-refractivity contribution in [2.24, 2.45) is 0 Å². The lowest BCUT2D eigenvalue weighted by molar-refractivity contribution is 0.937. The molecule has 0 saturated heterocycles. The molecule has 0 fully saturated rings. The van der Waals surface area contributed by atoms with Crippen molar-refractivity contribution in [2.45, 2.75) is 45.5 Å². The summed E-state index contributed by atoms with van der Waals surface area (Å²) in [6.07, 6.45) is 4.83. The molecule has 1 rings (SSSR count). The molecule has 88 valence electrons. The van der Waals surface area contributed by atoms with E-state index in [2.05, 4.69) is 63.0 Å². The highest BCUT2D eigenvalue weighted by Crippen LogP contribution is 2.14. The summed E-state index contributed by atoms with van der Waals surface area (Å²) in [5, 5.41) is 0. The molecular weight excluding hydrogens is 208 g/mol. The Morgan fingerprint density at radius 2 is 1.75 bits per heavy atom. The Morgan fingerprint density at radius 1 is 1.12 bits per heavy atom. The van der Waals surface area contributed by atoms with Crippen LogP contribution in [0.2, 0.25) is 25.7 Å². The second kappa shape index (κ2) is 6.05. The maximum atomic E-state index is 2.45. The maximum absolute atomic E-state index is 2.45. The lowest BCUT2D eigenvalue weighted by Crippen LogP contribution is -2.17. The molecule has 0 unspecified atom stereocenters. The highest BCUT2D eigenvalue weighted by Gasteiger charge is 2.10. The van der Waals surface area contributed by atoms with Gasteiger partial charge in [-0.25, -0.2) is 0 Å². The molecule has 0 N–H and O–H groups in total. The Bertz CT molecular complexity index is 330. The molecule has 0 aliphatic carbocycles. The fourth-order valence-corrected chi connectivity index (χ4v) is 2.53. The predicted molar refractivity (Wildman–Crippen MR) is 76.7 cm³/mol. The largest absolute Gasteiger partial charge is 0.0883 e. The average molecular weight is 232 g/mol. The second-order valence-corrected chi connectivity index (χ2v) is 11.3. The van der Waals surface area contributed by atoms with Gasteiger partial charge in [0.2, 0.25) is 0 Å². The van der Waals surface area contributed by atoms with Gasteiger partial charge in [0, 0.05) is 8.07 Å². The summed E-state index contributed by atoms with van der Waals surface area (Å²) >= 11 is 0. The zero-order chi connectivity index (χ0) is 12.0. The van der Waals surface area contributed by atoms with Crippen LogP contribution in [0.4, 0.5) is 0 Å². The van der Waals surface area contributed by atoms with Crippen LogP contribution in [0.15, 0.2) is 42.0 Å². The Balaban J connectivity index is 2.38. The summed E-state index contributed by atoms with van der Waals surface area (Å²) in [6, 6.07) is 12.1. The van der Waals surface area contributed by atoms with Crippen LogP contribution >= 0.6 is 0 Å². The van der Waals surface area contributed by atoms with E-state index in [1.165, 1.54) is 24.4 Å². The zero-order valence-corrected chi connectivity index (χ0v) is 12.1. The molecule has 0 atom stereocenters. The molecule has 0 aromatic heterocycles. The standard InChI is InChI=1S/C15H24Si/c1-14(12-13-16(2,3)4)10-11-15-8-6-5-7-9-15/h5-9,12H,10-11,13H2,1-4H3/b14-12+. The monoisotopic (exact) mass is 232 g/mol. The van der Waals surface area contributed by atoms with Crippen LogP contribution in [0.3, 0.4) is 0 Å². The first kappa shape index (κ1) is 13.2. The lowest BCUT2D eigenvalue weighted by atomic mass is 10.1. The van der Waals surface area contributed by atoms with Gasteiger partial charge in [0.25, 0.3) is 0 Å². The first-order valence-corrected chi connectivity index (χ1v) is 9.88. The molecule has 1 aromatic carbocycles. The van der Waals surface area contributed by atoms with Gasteiger partial charge in [-0.1, -0.05) is 61.6 Å². The van der Waals surface area contributed by atoms with E-state index < -0.39 is 8.07 Å². The first-order valence-electron chi connectivity index (χ1n) is 6.17. The van der Waals surface area contributed by atoms with Crippen LogP contribution in [0.1, 0.15) is 18.9 Å². The highest BCUT2D eigenvalue weighted by atomic mass is 28.3. The average Bonchev–Trinajstić information content (AvgIpc) is 2.24. The van der Waals surface area contributed by atoms with Crippen molar-refractivity contribution in [3.05, 3.63) is 47.5 Å². The minimum Gasteiger partial charge on any atom is -0.0883 e. The van der Waals surface area contributed by atoms with E-state index in [1.807, 2.05) is 0 Å². The molecule has 1 heteroatoms. The van der Waals surface area contributed by atoms with Crippen LogP contribution < -0.4 is 0 Å². The summed E-state index contributed by atoms with van der Waals surface area (Å²) < 4.78 is 0. The summed E-state index contributed by atoms with van der Waals surface area (Å²) in [5.41, 5.74) is 2.99. The van der Waals surface area contributed by atoms with Crippen molar-refractivity contribution < 1.29 is 0 Å². The molecule has 0 amide bonds. The number of hydrogen-bond acceptors (Lipinski definition) is 0. The van der Waals surface area contributed by atoms with E-state index in [1.54, 1.807) is 5.57 Å². The van der Waals surface area contributed by atoms with Gasteiger partial charge in [0.05, 0.1) is 0 Å². The van der Waals surface area contributed by atoms with Gasteiger partial charge in [-0.15, -0.1) is 0 Å².